The summed E-state index contributed by atoms with van der Waals surface area (Å²) in [5, 5.41) is 21.2. The maximum atomic E-state index is 12.9. The van der Waals surface area contributed by atoms with Crippen molar-refractivity contribution in [1.29, 1.82) is 5.26 Å². The Balaban J connectivity index is 2.03. The van der Waals surface area contributed by atoms with E-state index in [1.54, 1.807) is 17.0 Å². The molecule has 1 atom stereocenters. The van der Waals surface area contributed by atoms with Gasteiger partial charge in [-0.1, -0.05) is 30.3 Å². The lowest BCUT2D eigenvalue weighted by atomic mass is 9.83. The van der Waals surface area contributed by atoms with Gasteiger partial charge in [-0.3, -0.25) is 4.79 Å². The zero-order valence-electron chi connectivity index (χ0n) is 12.5. The van der Waals surface area contributed by atoms with Crippen LogP contribution in [0.2, 0.25) is 0 Å². The molecule has 1 fully saturated rings. The van der Waals surface area contributed by atoms with Gasteiger partial charge in [-0.2, -0.15) is 5.26 Å². The first-order valence-electron chi connectivity index (χ1n) is 7.45. The highest BCUT2D eigenvalue weighted by Gasteiger charge is 2.34. The summed E-state index contributed by atoms with van der Waals surface area (Å²) in [4.78, 5) is 14.6. The van der Waals surface area contributed by atoms with Crippen LogP contribution >= 0.6 is 0 Å². The molecule has 3 rings (SSSR count). The van der Waals surface area contributed by atoms with Gasteiger partial charge in [0.05, 0.1) is 17.0 Å². The third-order valence-electron chi connectivity index (χ3n) is 4.37. The molecule has 4 nitrogen and oxygen atoms in total. The Labute approximate surface area is 129 Å². The minimum atomic E-state index is -0.506. The maximum absolute atomic E-state index is 12.9. The van der Waals surface area contributed by atoms with Crippen LogP contribution in [0.25, 0.3) is 10.8 Å². The second-order valence-corrected chi connectivity index (χ2v) is 6.18. The molecule has 0 radical (unpaired) electrons. The first-order chi connectivity index (χ1) is 10.5. The summed E-state index contributed by atoms with van der Waals surface area (Å²) in [6, 6.07) is 13.2. The Bertz CT molecular complexity index is 778. The molecule has 0 bridgehead atoms. The Morgan fingerprint density at radius 1 is 1.32 bits per heavy atom. The zero-order valence-corrected chi connectivity index (χ0v) is 12.5. The van der Waals surface area contributed by atoms with E-state index < -0.39 is 5.41 Å². The molecule has 4 heteroatoms. The number of piperidine rings is 1. The fourth-order valence-corrected chi connectivity index (χ4v) is 3.15. The number of rotatable bonds is 1. The van der Waals surface area contributed by atoms with Crippen LogP contribution in [0.3, 0.4) is 0 Å². The van der Waals surface area contributed by atoms with Gasteiger partial charge in [-0.25, -0.2) is 0 Å². The van der Waals surface area contributed by atoms with Crippen LogP contribution in [-0.2, 0) is 0 Å². The quantitative estimate of drug-likeness (QED) is 0.877. The molecule has 22 heavy (non-hydrogen) atoms. The molecular weight excluding hydrogens is 276 g/mol. The van der Waals surface area contributed by atoms with Crippen molar-refractivity contribution in [3.8, 4) is 11.8 Å². The van der Waals surface area contributed by atoms with Crippen molar-refractivity contribution in [2.45, 2.75) is 19.8 Å². The fraction of sp³-hybridized carbons (Fsp3) is 0.333. The standard InChI is InChI=1S/C18H18N2O2/c1-18(11-19)9-4-10-20(12-18)17(22)16-14-6-3-2-5-13(14)7-8-15(16)21/h2-3,5-8,21H,4,9-10,12H2,1H3. The SMILES string of the molecule is CC1(C#N)CCCN(C(=O)c2c(O)ccc3ccccc23)C1. The average Bonchev–Trinajstić information content (AvgIpc) is 2.54. The molecule has 1 saturated heterocycles. The number of hydrogen-bond donors (Lipinski definition) is 1. The van der Waals surface area contributed by atoms with Gasteiger partial charge in [0.2, 0.25) is 0 Å². The lowest BCUT2D eigenvalue weighted by molar-refractivity contribution is 0.0629. The number of phenolic OH excluding ortho intramolecular Hbond substituents is 1. The van der Waals surface area contributed by atoms with Crippen molar-refractivity contribution in [3.05, 3.63) is 42.0 Å². The van der Waals surface area contributed by atoms with Gasteiger partial charge in [0.25, 0.3) is 5.91 Å². The van der Waals surface area contributed by atoms with Crippen LogP contribution in [0, 0.1) is 16.7 Å². The Morgan fingerprint density at radius 2 is 2.09 bits per heavy atom. The van der Waals surface area contributed by atoms with E-state index in [0.717, 1.165) is 23.6 Å². The maximum Gasteiger partial charge on any atom is 0.258 e. The molecule has 0 aromatic heterocycles. The molecule has 1 heterocycles. The molecular formula is C18H18N2O2. The van der Waals surface area contributed by atoms with Crippen LogP contribution in [0.1, 0.15) is 30.1 Å². The van der Waals surface area contributed by atoms with Crippen molar-refractivity contribution in [3.63, 3.8) is 0 Å². The first-order valence-corrected chi connectivity index (χ1v) is 7.45. The third-order valence-corrected chi connectivity index (χ3v) is 4.37. The van der Waals surface area contributed by atoms with E-state index in [-0.39, 0.29) is 11.7 Å². The summed E-state index contributed by atoms with van der Waals surface area (Å²) < 4.78 is 0. The van der Waals surface area contributed by atoms with E-state index in [0.29, 0.717) is 18.7 Å². The van der Waals surface area contributed by atoms with Gasteiger partial charge in [-0.15, -0.1) is 0 Å². The number of nitrogens with zero attached hydrogens (tertiary/aromatic N) is 2. The molecule has 1 aliphatic heterocycles. The van der Waals surface area contributed by atoms with Crippen molar-refractivity contribution in [2.75, 3.05) is 13.1 Å². The smallest absolute Gasteiger partial charge is 0.258 e. The van der Waals surface area contributed by atoms with E-state index in [1.807, 2.05) is 31.2 Å². The van der Waals surface area contributed by atoms with Crippen LogP contribution in [0.15, 0.2) is 36.4 Å². The van der Waals surface area contributed by atoms with E-state index in [9.17, 15) is 15.2 Å². The van der Waals surface area contributed by atoms with E-state index in [4.69, 9.17) is 0 Å². The largest absolute Gasteiger partial charge is 0.507 e. The van der Waals surface area contributed by atoms with Gasteiger partial charge >= 0.3 is 0 Å². The number of fused-ring (bicyclic) bond motifs is 1. The van der Waals surface area contributed by atoms with Crippen LogP contribution in [-0.4, -0.2) is 29.0 Å². The molecule has 0 saturated carbocycles. The highest BCUT2D eigenvalue weighted by Crippen LogP contribution is 2.33. The normalized spacial score (nSPS) is 21.5. The van der Waals surface area contributed by atoms with E-state index >= 15 is 0 Å². The van der Waals surface area contributed by atoms with Crippen molar-refractivity contribution >= 4 is 16.7 Å². The van der Waals surface area contributed by atoms with Crippen molar-refractivity contribution in [2.24, 2.45) is 5.41 Å². The van der Waals surface area contributed by atoms with Gasteiger partial charge in [-0.05, 0) is 36.6 Å². The summed E-state index contributed by atoms with van der Waals surface area (Å²) in [6.45, 7) is 2.92. The molecule has 1 amide bonds. The van der Waals surface area contributed by atoms with Crippen molar-refractivity contribution < 1.29 is 9.90 Å². The van der Waals surface area contributed by atoms with Gasteiger partial charge < -0.3 is 10.0 Å². The Kier molecular flexibility index (Phi) is 3.50. The lowest BCUT2D eigenvalue weighted by Gasteiger charge is -2.36. The molecule has 0 spiro atoms. The number of nitriles is 1. The number of benzene rings is 2. The average molecular weight is 294 g/mol. The number of carbonyl (C=O) groups excluding carboxylic acids is 1. The summed E-state index contributed by atoms with van der Waals surface area (Å²) in [5.41, 5.74) is -0.172. The summed E-state index contributed by atoms with van der Waals surface area (Å²) >= 11 is 0. The monoisotopic (exact) mass is 294 g/mol. The van der Waals surface area contributed by atoms with E-state index in [1.165, 1.54) is 0 Å². The number of aromatic hydroxyl groups is 1. The first kappa shape index (κ1) is 14.4. The molecule has 2 aromatic rings. The highest BCUT2D eigenvalue weighted by atomic mass is 16.3. The van der Waals surface area contributed by atoms with Crippen molar-refractivity contribution in [1.82, 2.24) is 4.90 Å². The number of carbonyl (C=O) groups is 1. The summed E-state index contributed by atoms with van der Waals surface area (Å²) in [5.74, 6) is -0.205. The lowest BCUT2D eigenvalue weighted by Crippen LogP contribution is -2.44. The Hall–Kier alpha value is -2.54. The van der Waals surface area contributed by atoms with Crippen LogP contribution < -0.4 is 0 Å². The van der Waals surface area contributed by atoms with Gasteiger partial charge in [0.15, 0.2) is 0 Å². The summed E-state index contributed by atoms with van der Waals surface area (Å²) in [6.07, 6.45) is 1.61. The summed E-state index contributed by atoms with van der Waals surface area (Å²) in [7, 11) is 0. The Morgan fingerprint density at radius 3 is 2.86 bits per heavy atom. The predicted molar refractivity (Wildman–Crippen MR) is 84.5 cm³/mol. The molecule has 2 aromatic carbocycles. The number of phenols is 1. The minimum Gasteiger partial charge on any atom is -0.507 e. The zero-order chi connectivity index (χ0) is 15.7. The number of amides is 1. The predicted octanol–water partition coefficient (Wildman–Crippen LogP) is 3.31. The second-order valence-electron chi connectivity index (χ2n) is 6.18. The van der Waals surface area contributed by atoms with Gasteiger partial charge in [0, 0.05) is 13.1 Å². The third kappa shape index (κ3) is 2.39. The minimum absolute atomic E-state index is 0.00654. The number of hydrogen-bond acceptors (Lipinski definition) is 3. The van der Waals surface area contributed by atoms with E-state index in [2.05, 4.69) is 6.07 Å². The molecule has 1 unspecified atom stereocenters. The molecule has 1 aliphatic rings. The van der Waals surface area contributed by atoms with Crippen LogP contribution in [0.4, 0.5) is 0 Å². The fourth-order valence-electron chi connectivity index (χ4n) is 3.15. The number of likely N-dealkylation sites (tertiary alicyclic amines) is 1. The molecule has 1 N–H and O–H groups in total. The van der Waals surface area contributed by atoms with Crippen LogP contribution in [0.5, 0.6) is 5.75 Å². The second kappa shape index (κ2) is 5.34. The van der Waals surface area contributed by atoms with Gasteiger partial charge in [0.1, 0.15) is 5.75 Å². The topological polar surface area (TPSA) is 64.3 Å². The highest BCUT2D eigenvalue weighted by molar-refractivity contribution is 6.09. The molecule has 0 aliphatic carbocycles. The molecule has 112 valence electrons.